The summed E-state index contributed by atoms with van der Waals surface area (Å²) in [7, 11) is 0. The van der Waals surface area contributed by atoms with Gasteiger partial charge in [0.25, 0.3) is 0 Å². The number of carbonyl (C=O) groups is 1. The molecule has 106 valence electrons. The van der Waals surface area contributed by atoms with Crippen molar-refractivity contribution in [1.82, 2.24) is 5.32 Å². The van der Waals surface area contributed by atoms with E-state index in [0.29, 0.717) is 0 Å². The van der Waals surface area contributed by atoms with Gasteiger partial charge < -0.3 is 15.7 Å². The van der Waals surface area contributed by atoms with Gasteiger partial charge in [-0.25, -0.2) is 4.79 Å². The lowest BCUT2D eigenvalue weighted by molar-refractivity contribution is 0.204. The molecule has 2 aromatic rings. The van der Waals surface area contributed by atoms with Crippen LogP contribution in [-0.2, 0) is 0 Å². The van der Waals surface area contributed by atoms with Gasteiger partial charge in [0.05, 0.1) is 18.3 Å². The average molecular weight is 272 g/mol. The molecule has 0 saturated carbocycles. The van der Waals surface area contributed by atoms with Gasteiger partial charge in [-0.2, -0.15) is 0 Å². The van der Waals surface area contributed by atoms with Gasteiger partial charge >= 0.3 is 6.03 Å². The van der Waals surface area contributed by atoms with E-state index >= 15 is 0 Å². The van der Waals surface area contributed by atoms with Crippen molar-refractivity contribution in [3.63, 3.8) is 0 Å². The van der Waals surface area contributed by atoms with Crippen molar-refractivity contribution in [3.8, 4) is 0 Å². The van der Waals surface area contributed by atoms with Crippen LogP contribution in [0.5, 0.6) is 0 Å². The fraction of sp³-hybridized carbons (Fsp3) is 0.312. The predicted molar refractivity (Wildman–Crippen MR) is 81.8 cm³/mol. The zero-order chi connectivity index (χ0) is 14.5. The molecule has 20 heavy (non-hydrogen) atoms. The van der Waals surface area contributed by atoms with E-state index in [9.17, 15) is 9.90 Å². The molecule has 0 spiro atoms. The summed E-state index contributed by atoms with van der Waals surface area (Å²) in [6.45, 7) is 3.85. The second-order valence-electron chi connectivity index (χ2n) is 5.16. The van der Waals surface area contributed by atoms with Gasteiger partial charge in [-0.1, -0.05) is 50.2 Å². The molecule has 4 heteroatoms. The Balaban J connectivity index is 2.14. The topological polar surface area (TPSA) is 61.4 Å². The van der Waals surface area contributed by atoms with Crippen LogP contribution in [0.3, 0.4) is 0 Å². The Bertz CT molecular complexity index is 591. The number of aliphatic hydroxyl groups is 1. The van der Waals surface area contributed by atoms with Crippen LogP contribution in [0.15, 0.2) is 42.5 Å². The van der Waals surface area contributed by atoms with Gasteiger partial charge in [0.1, 0.15) is 0 Å². The smallest absolute Gasteiger partial charge is 0.319 e. The van der Waals surface area contributed by atoms with Gasteiger partial charge in [-0.15, -0.1) is 0 Å². The molecule has 3 N–H and O–H groups in total. The number of rotatable bonds is 4. The van der Waals surface area contributed by atoms with E-state index in [2.05, 4.69) is 10.6 Å². The second kappa shape index (κ2) is 6.39. The summed E-state index contributed by atoms with van der Waals surface area (Å²) >= 11 is 0. The summed E-state index contributed by atoms with van der Waals surface area (Å²) in [6.07, 6.45) is 0. The van der Waals surface area contributed by atoms with Gasteiger partial charge in [0.2, 0.25) is 0 Å². The molecule has 0 aliphatic carbocycles. The van der Waals surface area contributed by atoms with Crippen LogP contribution in [0.4, 0.5) is 10.5 Å². The Hall–Kier alpha value is -2.07. The largest absolute Gasteiger partial charge is 0.394 e. The third kappa shape index (κ3) is 3.27. The number of hydrogen-bond acceptors (Lipinski definition) is 2. The predicted octanol–water partition coefficient (Wildman–Crippen LogP) is 2.98. The number of anilines is 1. The molecular weight excluding hydrogens is 252 g/mol. The Morgan fingerprint density at radius 3 is 2.55 bits per heavy atom. The van der Waals surface area contributed by atoms with E-state index < -0.39 is 0 Å². The van der Waals surface area contributed by atoms with Crippen molar-refractivity contribution >= 4 is 22.5 Å². The first-order chi connectivity index (χ1) is 9.61. The summed E-state index contributed by atoms with van der Waals surface area (Å²) in [5.41, 5.74) is 0.765. The SMILES string of the molecule is CC(C)C(CO)NC(=O)Nc1cccc2ccccc12. The minimum absolute atomic E-state index is 0.0688. The van der Waals surface area contributed by atoms with Crippen LogP contribution in [-0.4, -0.2) is 23.8 Å². The van der Waals surface area contributed by atoms with Gasteiger partial charge in [0.15, 0.2) is 0 Å². The number of urea groups is 1. The quantitative estimate of drug-likeness (QED) is 0.801. The zero-order valence-electron chi connectivity index (χ0n) is 11.8. The van der Waals surface area contributed by atoms with Crippen LogP contribution in [0.2, 0.25) is 0 Å². The molecular formula is C16H20N2O2. The third-order valence-electron chi connectivity index (χ3n) is 3.36. The Morgan fingerprint density at radius 2 is 1.85 bits per heavy atom. The van der Waals surface area contributed by atoms with E-state index in [4.69, 9.17) is 0 Å². The molecule has 2 amide bonds. The lowest BCUT2D eigenvalue weighted by Gasteiger charge is -2.20. The highest BCUT2D eigenvalue weighted by Crippen LogP contribution is 2.22. The highest BCUT2D eigenvalue weighted by molar-refractivity contribution is 6.01. The number of aliphatic hydroxyl groups excluding tert-OH is 1. The first kappa shape index (κ1) is 14.3. The average Bonchev–Trinajstić information content (AvgIpc) is 2.45. The summed E-state index contributed by atoms with van der Waals surface area (Å²) in [5.74, 6) is 0.179. The highest BCUT2D eigenvalue weighted by Gasteiger charge is 2.15. The van der Waals surface area contributed by atoms with Crippen LogP contribution < -0.4 is 10.6 Å². The van der Waals surface area contributed by atoms with Gasteiger partial charge in [-0.3, -0.25) is 0 Å². The first-order valence-electron chi connectivity index (χ1n) is 6.78. The molecule has 0 radical (unpaired) electrons. The molecule has 1 atom stereocenters. The Labute approximate surface area is 118 Å². The Kier molecular flexibility index (Phi) is 4.58. The van der Waals surface area contributed by atoms with Crippen molar-refractivity contribution < 1.29 is 9.90 Å². The van der Waals surface area contributed by atoms with E-state index in [-0.39, 0.29) is 24.6 Å². The molecule has 0 saturated heterocycles. The molecule has 2 aromatic carbocycles. The maximum absolute atomic E-state index is 12.0. The standard InChI is InChI=1S/C16H20N2O2/c1-11(2)15(10-19)18-16(20)17-14-9-5-7-12-6-3-4-8-13(12)14/h3-9,11,15,19H,10H2,1-2H3,(H2,17,18,20). The lowest BCUT2D eigenvalue weighted by atomic mass is 10.1. The summed E-state index contributed by atoms with van der Waals surface area (Å²) in [4.78, 5) is 12.0. The number of benzene rings is 2. The van der Waals surface area contributed by atoms with Crippen molar-refractivity contribution in [1.29, 1.82) is 0 Å². The van der Waals surface area contributed by atoms with Crippen molar-refractivity contribution in [2.24, 2.45) is 5.92 Å². The molecule has 0 aromatic heterocycles. The van der Waals surface area contributed by atoms with E-state index in [1.165, 1.54) is 0 Å². The van der Waals surface area contributed by atoms with Gasteiger partial charge in [0, 0.05) is 5.39 Å². The zero-order valence-corrected chi connectivity index (χ0v) is 11.8. The van der Waals surface area contributed by atoms with Crippen molar-refractivity contribution in [2.75, 3.05) is 11.9 Å². The van der Waals surface area contributed by atoms with Crippen LogP contribution in [0, 0.1) is 5.92 Å². The Morgan fingerprint density at radius 1 is 1.15 bits per heavy atom. The second-order valence-corrected chi connectivity index (χ2v) is 5.16. The maximum atomic E-state index is 12.0. The van der Waals surface area contributed by atoms with E-state index in [1.807, 2.05) is 56.3 Å². The lowest BCUT2D eigenvalue weighted by Crippen LogP contribution is -2.43. The number of carbonyl (C=O) groups excluding carboxylic acids is 1. The van der Waals surface area contributed by atoms with Gasteiger partial charge in [-0.05, 0) is 17.4 Å². The number of nitrogens with one attached hydrogen (secondary N) is 2. The summed E-state index contributed by atoms with van der Waals surface area (Å²) in [5, 5.41) is 16.9. The number of hydrogen-bond donors (Lipinski definition) is 3. The number of amides is 2. The normalized spacial score (nSPS) is 12.4. The van der Waals surface area contributed by atoms with Crippen molar-refractivity contribution in [2.45, 2.75) is 19.9 Å². The monoisotopic (exact) mass is 272 g/mol. The molecule has 1 unspecified atom stereocenters. The first-order valence-corrected chi connectivity index (χ1v) is 6.78. The highest BCUT2D eigenvalue weighted by atomic mass is 16.3. The molecule has 0 bridgehead atoms. The summed E-state index contributed by atoms with van der Waals surface area (Å²) in [6, 6.07) is 13.1. The fourth-order valence-corrected chi connectivity index (χ4v) is 2.08. The molecule has 4 nitrogen and oxygen atoms in total. The fourth-order valence-electron chi connectivity index (χ4n) is 2.08. The van der Waals surface area contributed by atoms with Crippen molar-refractivity contribution in [3.05, 3.63) is 42.5 Å². The molecule has 0 heterocycles. The molecule has 2 rings (SSSR count). The summed E-state index contributed by atoms with van der Waals surface area (Å²) < 4.78 is 0. The van der Waals surface area contributed by atoms with Crippen LogP contribution >= 0.6 is 0 Å². The van der Waals surface area contributed by atoms with E-state index in [0.717, 1.165) is 16.5 Å². The molecule has 0 aliphatic heterocycles. The van der Waals surface area contributed by atoms with Crippen LogP contribution in [0.1, 0.15) is 13.8 Å². The van der Waals surface area contributed by atoms with E-state index in [1.54, 1.807) is 0 Å². The molecule has 0 fully saturated rings. The minimum Gasteiger partial charge on any atom is -0.394 e. The minimum atomic E-state index is -0.297. The maximum Gasteiger partial charge on any atom is 0.319 e. The van der Waals surface area contributed by atoms with Crippen LogP contribution in [0.25, 0.3) is 10.8 Å². The third-order valence-corrected chi connectivity index (χ3v) is 3.36. The number of fused-ring (bicyclic) bond motifs is 1. The molecule has 0 aliphatic rings.